The van der Waals surface area contributed by atoms with Crippen molar-refractivity contribution in [2.24, 2.45) is 59.9 Å². The highest BCUT2D eigenvalue weighted by molar-refractivity contribution is 5.82. The number of carbonyl (C=O) groups is 7. The number of ether oxygens (including phenoxy) is 12. The molecule has 0 aromatic carbocycles. The quantitative estimate of drug-likeness (QED) is 0.0283. The lowest BCUT2D eigenvalue weighted by atomic mass is 9.79. The van der Waals surface area contributed by atoms with Gasteiger partial charge in [0.15, 0.2) is 0 Å². The lowest BCUT2D eigenvalue weighted by Gasteiger charge is -2.32. The standard InChI is InChI=1S/C80H156N8O19/c1-23-64(89)82-50-74(9,10)60-106-61-77(15,16)53-85-67(92)48-72(5,6)56-104-58-75(11,12)51-83-65(90)25-32-96-36-40-100-44-46-102-42-38-98-34-30-88(69(94)24-29-81)31-35-99-39-43-103-47-45-101-41-37-97-33-26-66(91)84-52-76(13,14)59-105-57-73(7,8)49-68(93)86-54-78(17,18)62-107-63-79(19,20)55-87-70(95)80(21,22)28-27-71(2,3)4/h23-63,81H2,1-22H3,(H,82,89)(H,83,90)(H,84,91)(H,85,92)(H,86,93)(H,87,95). The van der Waals surface area contributed by atoms with Crippen LogP contribution in [0.5, 0.6) is 0 Å². The molecule has 0 fully saturated rings. The van der Waals surface area contributed by atoms with Crippen molar-refractivity contribution >= 4 is 41.4 Å². The molecule has 0 saturated carbocycles. The topological polar surface area (TPSA) is 332 Å². The molecule has 27 nitrogen and oxygen atoms in total. The third-order valence-electron chi connectivity index (χ3n) is 17.1. The van der Waals surface area contributed by atoms with Crippen LogP contribution in [0.3, 0.4) is 0 Å². The van der Waals surface area contributed by atoms with Crippen LogP contribution in [0.25, 0.3) is 0 Å². The van der Waals surface area contributed by atoms with Crippen LogP contribution in [-0.4, -0.2) is 264 Å². The minimum Gasteiger partial charge on any atom is -0.380 e. The molecule has 0 rings (SSSR count). The van der Waals surface area contributed by atoms with Gasteiger partial charge in [-0.2, -0.15) is 0 Å². The number of nitrogens with zero attached hydrogens (tertiary/aromatic N) is 1. The normalized spacial score (nSPS) is 13.0. The molecule has 0 spiro atoms. The van der Waals surface area contributed by atoms with Gasteiger partial charge in [-0.05, 0) is 29.1 Å². The maximum Gasteiger partial charge on any atom is 0.225 e. The summed E-state index contributed by atoms with van der Waals surface area (Å²) in [5.41, 5.74) is 2.89. The van der Waals surface area contributed by atoms with Crippen molar-refractivity contribution in [2.75, 3.05) is 217 Å². The van der Waals surface area contributed by atoms with Gasteiger partial charge in [0.2, 0.25) is 41.4 Å². The molecule has 0 saturated heterocycles. The zero-order chi connectivity index (χ0) is 81.3. The van der Waals surface area contributed by atoms with Crippen molar-refractivity contribution < 1.29 is 90.4 Å². The molecule has 8 N–H and O–H groups in total. The lowest BCUT2D eigenvalue weighted by Crippen LogP contribution is -2.44. The molecule has 0 aromatic rings. The Bertz CT molecular complexity index is 2450. The van der Waals surface area contributed by atoms with E-state index in [2.05, 4.69) is 80.4 Å². The van der Waals surface area contributed by atoms with Crippen molar-refractivity contribution in [3.63, 3.8) is 0 Å². The molecule has 0 aliphatic rings. The average molecular weight is 1530 g/mol. The second-order valence-corrected chi connectivity index (χ2v) is 36.8. The fourth-order valence-electron chi connectivity index (χ4n) is 10.0. The van der Waals surface area contributed by atoms with E-state index in [1.807, 2.05) is 104 Å². The summed E-state index contributed by atoms with van der Waals surface area (Å²) in [6, 6.07) is 0. The molecule has 630 valence electrons. The number of nitrogens with two attached hydrogens (primary N) is 1. The van der Waals surface area contributed by atoms with Gasteiger partial charge in [0.05, 0.1) is 159 Å². The molecule has 0 aliphatic heterocycles. The Morgan fingerprint density at radius 1 is 0.290 bits per heavy atom. The van der Waals surface area contributed by atoms with E-state index < -0.39 is 16.2 Å². The van der Waals surface area contributed by atoms with E-state index in [0.717, 1.165) is 12.8 Å². The molecule has 0 aliphatic carbocycles. The van der Waals surface area contributed by atoms with Crippen LogP contribution in [0.4, 0.5) is 0 Å². The number of hydrogen-bond donors (Lipinski definition) is 7. The molecule has 0 radical (unpaired) electrons. The largest absolute Gasteiger partial charge is 0.380 e. The molecular formula is C80H156N8O19. The minimum atomic E-state index is -0.444. The Kier molecular flexibility index (Phi) is 51.5. The first-order valence-electron chi connectivity index (χ1n) is 39.2. The predicted molar refractivity (Wildman–Crippen MR) is 420 cm³/mol. The zero-order valence-corrected chi connectivity index (χ0v) is 71.3. The summed E-state index contributed by atoms with van der Waals surface area (Å²) in [5, 5.41) is 18.2. The number of carbonyl (C=O) groups excluding carboxylic acids is 7. The predicted octanol–water partition coefficient (Wildman–Crippen LogP) is 8.09. The summed E-state index contributed by atoms with van der Waals surface area (Å²) < 4.78 is 69.4. The van der Waals surface area contributed by atoms with Crippen molar-refractivity contribution in [3.8, 4) is 0 Å². The van der Waals surface area contributed by atoms with Crippen molar-refractivity contribution in [1.82, 2.24) is 36.8 Å². The van der Waals surface area contributed by atoms with Crippen LogP contribution in [0, 0.1) is 54.1 Å². The van der Waals surface area contributed by atoms with Gasteiger partial charge in [-0.15, -0.1) is 0 Å². The highest BCUT2D eigenvalue weighted by Crippen LogP contribution is 2.32. The highest BCUT2D eigenvalue weighted by atomic mass is 16.6. The number of amides is 7. The van der Waals surface area contributed by atoms with E-state index in [0.29, 0.717) is 217 Å². The summed E-state index contributed by atoms with van der Waals surface area (Å²) in [7, 11) is 0. The van der Waals surface area contributed by atoms with E-state index >= 15 is 0 Å². The minimum absolute atomic E-state index is 0.0179. The molecule has 7 amide bonds. The van der Waals surface area contributed by atoms with Crippen molar-refractivity contribution in [3.05, 3.63) is 0 Å². The van der Waals surface area contributed by atoms with Crippen LogP contribution in [0.1, 0.15) is 204 Å². The summed E-state index contributed by atoms with van der Waals surface area (Å²) in [5.74, 6) is -0.342. The molecule has 0 unspecified atom stereocenters. The zero-order valence-electron chi connectivity index (χ0n) is 71.3. The monoisotopic (exact) mass is 1530 g/mol. The smallest absolute Gasteiger partial charge is 0.225 e. The molecule has 107 heavy (non-hydrogen) atoms. The second kappa shape index (κ2) is 53.7. The Hall–Kier alpha value is -4.23. The fourth-order valence-corrected chi connectivity index (χ4v) is 10.0. The van der Waals surface area contributed by atoms with Crippen LogP contribution in [0.2, 0.25) is 0 Å². The van der Waals surface area contributed by atoms with E-state index in [-0.39, 0.29) is 118 Å². The van der Waals surface area contributed by atoms with Crippen molar-refractivity contribution in [1.29, 1.82) is 0 Å². The van der Waals surface area contributed by atoms with Crippen LogP contribution >= 0.6 is 0 Å². The SMILES string of the molecule is CCC(=O)NCC(C)(C)COCC(C)(C)CNC(=O)CC(C)(C)COCC(C)(C)CNC(=O)CCOCCOCCOCCOCCN(CCOCCOCCOCCOCCC(=O)NCC(C)(C)COCC(C)(C)CC(=O)NCC(C)(C)COCC(C)(C)CNC(=O)C(C)(C)CCC(C)(C)C)C(=O)CCN. The molecule has 0 atom stereocenters. The first kappa shape index (κ1) is 103. The summed E-state index contributed by atoms with van der Waals surface area (Å²) in [4.78, 5) is 90.2. The maximum absolute atomic E-state index is 13.1. The van der Waals surface area contributed by atoms with Gasteiger partial charge in [-0.25, -0.2) is 0 Å². The Morgan fingerprint density at radius 2 is 0.542 bits per heavy atom. The average Bonchev–Trinajstić information content (AvgIpc) is 0.862. The van der Waals surface area contributed by atoms with Gasteiger partial charge >= 0.3 is 0 Å². The van der Waals surface area contributed by atoms with Crippen molar-refractivity contribution in [2.45, 2.75) is 204 Å². The van der Waals surface area contributed by atoms with Crippen LogP contribution in [0.15, 0.2) is 0 Å². The molecule has 27 heteroatoms. The highest BCUT2D eigenvalue weighted by Gasteiger charge is 2.33. The van der Waals surface area contributed by atoms with E-state index in [1.165, 1.54) is 0 Å². The number of rotatable bonds is 68. The van der Waals surface area contributed by atoms with Gasteiger partial charge in [0, 0.05) is 135 Å². The Labute approximate surface area is 646 Å². The Balaban J connectivity index is 4.09. The van der Waals surface area contributed by atoms with Crippen LogP contribution < -0.4 is 37.6 Å². The fraction of sp³-hybridized carbons (Fsp3) is 0.912. The van der Waals surface area contributed by atoms with Gasteiger partial charge in [0.1, 0.15) is 0 Å². The lowest BCUT2D eigenvalue weighted by molar-refractivity contribution is -0.133. The van der Waals surface area contributed by atoms with Gasteiger partial charge < -0.3 is 99.4 Å². The van der Waals surface area contributed by atoms with Gasteiger partial charge in [-0.1, -0.05) is 152 Å². The second-order valence-electron chi connectivity index (χ2n) is 36.8. The molecule has 0 bridgehead atoms. The van der Waals surface area contributed by atoms with E-state index in [1.54, 1.807) is 4.90 Å². The van der Waals surface area contributed by atoms with E-state index in [9.17, 15) is 33.6 Å². The third kappa shape index (κ3) is 60.2. The first-order chi connectivity index (χ1) is 49.7. The molecule has 0 aromatic heterocycles. The number of nitrogens with one attached hydrogen (secondary N) is 6. The summed E-state index contributed by atoms with van der Waals surface area (Å²) in [6.07, 6.45) is 3.49. The summed E-state index contributed by atoms with van der Waals surface area (Å²) in [6.45, 7) is 57.8. The van der Waals surface area contributed by atoms with Gasteiger partial charge in [-0.3, -0.25) is 33.6 Å². The molecule has 0 heterocycles. The molecular weight excluding hydrogens is 1380 g/mol. The third-order valence-corrected chi connectivity index (χ3v) is 17.1. The van der Waals surface area contributed by atoms with E-state index in [4.69, 9.17) is 62.6 Å². The Morgan fingerprint density at radius 3 is 0.822 bits per heavy atom. The summed E-state index contributed by atoms with van der Waals surface area (Å²) >= 11 is 0. The van der Waals surface area contributed by atoms with Gasteiger partial charge in [0.25, 0.3) is 0 Å². The maximum atomic E-state index is 13.1. The first-order valence-corrected chi connectivity index (χ1v) is 39.2. The van der Waals surface area contributed by atoms with Crippen LogP contribution in [-0.2, 0) is 90.4 Å². The number of hydrogen-bond acceptors (Lipinski definition) is 20.